The van der Waals surface area contributed by atoms with Gasteiger partial charge in [0.15, 0.2) is 0 Å². The van der Waals surface area contributed by atoms with Crippen LogP contribution in [0.4, 0.5) is 0 Å². The van der Waals surface area contributed by atoms with Crippen molar-refractivity contribution < 1.29 is 8.42 Å². The first-order valence-electron chi connectivity index (χ1n) is 7.48. The molecule has 130 valence electrons. The molecule has 1 N–H and O–H groups in total. The molecule has 1 saturated heterocycles. The highest BCUT2D eigenvalue weighted by Gasteiger charge is 2.33. The second-order valence-electron chi connectivity index (χ2n) is 5.83. The van der Waals surface area contributed by atoms with Crippen LogP contribution in [0.25, 0.3) is 0 Å². The van der Waals surface area contributed by atoms with E-state index < -0.39 is 10.0 Å². The lowest BCUT2D eigenvalue weighted by Crippen LogP contribution is -2.49. The van der Waals surface area contributed by atoms with E-state index >= 15 is 0 Å². The Hall–Kier alpha value is -1.12. The van der Waals surface area contributed by atoms with Crippen molar-refractivity contribution in [2.45, 2.75) is 11.8 Å². The lowest BCUT2D eigenvalue weighted by Gasteiger charge is -2.37. The average Bonchev–Trinajstić information content (AvgIpc) is 3.05. The first-order chi connectivity index (χ1) is 11.4. The van der Waals surface area contributed by atoms with Crippen LogP contribution in [0.2, 0.25) is 10.0 Å². The van der Waals surface area contributed by atoms with Gasteiger partial charge in [-0.25, -0.2) is 13.4 Å². The smallest absolute Gasteiger partial charge is 0.218 e. The van der Waals surface area contributed by atoms with Crippen molar-refractivity contribution in [1.82, 2.24) is 19.2 Å². The fourth-order valence-corrected chi connectivity index (χ4v) is 4.62. The summed E-state index contributed by atoms with van der Waals surface area (Å²) in [6.45, 7) is 1.47. The highest BCUT2D eigenvalue weighted by atomic mass is 35.5. The van der Waals surface area contributed by atoms with Gasteiger partial charge in [-0.1, -0.05) is 29.3 Å². The molecule has 6 nitrogen and oxygen atoms in total. The van der Waals surface area contributed by atoms with Gasteiger partial charge in [-0.15, -0.1) is 0 Å². The maximum Gasteiger partial charge on any atom is 0.218 e. The number of imidazole rings is 1. The lowest BCUT2D eigenvalue weighted by atomic mass is 10.2. The second-order valence-corrected chi connectivity index (χ2v) is 8.62. The van der Waals surface area contributed by atoms with Gasteiger partial charge in [0.05, 0.1) is 21.8 Å². The fourth-order valence-electron chi connectivity index (χ4n) is 2.79. The Morgan fingerprint density at radius 3 is 2.75 bits per heavy atom. The number of rotatable bonds is 4. The molecule has 0 aliphatic carbocycles. The first-order valence-corrected chi connectivity index (χ1v) is 9.84. The van der Waals surface area contributed by atoms with Crippen LogP contribution in [0.5, 0.6) is 0 Å². The van der Waals surface area contributed by atoms with Crippen molar-refractivity contribution >= 4 is 33.2 Å². The molecular weight excluding hydrogens is 371 g/mol. The molecule has 0 radical (unpaired) electrons. The molecule has 0 unspecified atom stereocenters. The number of H-pyrrole nitrogens is 1. The summed E-state index contributed by atoms with van der Waals surface area (Å²) in [5.74, 6) is 0.672. The van der Waals surface area contributed by atoms with Crippen LogP contribution in [-0.2, 0) is 15.8 Å². The molecule has 2 aromatic rings. The van der Waals surface area contributed by atoms with E-state index in [1.165, 1.54) is 4.31 Å². The minimum Gasteiger partial charge on any atom is -0.347 e. The fraction of sp³-hybridized carbons (Fsp3) is 0.400. The third kappa shape index (κ3) is 3.75. The zero-order valence-corrected chi connectivity index (χ0v) is 15.4. The monoisotopic (exact) mass is 388 g/mol. The molecule has 0 saturated carbocycles. The Balaban J connectivity index is 1.77. The standard InChI is InChI=1S/C15H18Cl2N4O2S/c1-20-6-7-21(9-14(20)15-18-4-5-19-15)24(22,23)10-11-2-3-12(16)13(17)8-11/h2-5,8,14H,6-7,9-10H2,1H3,(H,18,19)/t14-/m1/s1. The molecular formula is C15H18Cl2N4O2S. The number of hydrogen-bond donors (Lipinski definition) is 1. The molecule has 0 amide bonds. The van der Waals surface area contributed by atoms with Gasteiger partial charge in [0, 0.05) is 32.0 Å². The van der Waals surface area contributed by atoms with Crippen molar-refractivity contribution in [3.8, 4) is 0 Å². The van der Waals surface area contributed by atoms with Crippen LogP contribution in [0, 0.1) is 0 Å². The molecule has 1 fully saturated rings. The van der Waals surface area contributed by atoms with Crippen molar-refractivity contribution in [3.05, 3.63) is 52.0 Å². The number of nitrogens with zero attached hydrogens (tertiary/aromatic N) is 3. The van der Waals surface area contributed by atoms with Gasteiger partial charge in [0.2, 0.25) is 10.0 Å². The number of hydrogen-bond acceptors (Lipinski definition) is 4. The number of benzene rings is 1. The summed E-state index contributed by atoms with van der Waals surface area (Å²) in [7, 11) is -1.48. The second kappa shape index (κ2) is 7.01. The molecule has 9 heteroatoms. The number of likely N-dealkylation sites (N-methyl/N-ethyl adjacent to an activating group) is 1. The largest absolute Gasteiger partial charge is 0.347 e. The molecule has 0 bridgehead atoms. The lowest BCUT2D eigenvalue weighted by molar-refractivity contribution is 0.142. The van der Waals surface area contributed by atoms with Gasteiger partial charge in [0.1, 0.15) is 5.82 Å². The van der Waals surface area contributed by atoms with E-state index in [0.717, 1.165) is 5.82 Å². The van der Waals surface area contributed by atoms with E-state index in [9.17, 15) is 8.42 Å². The SMILES string of the molecule is CN1CCN(S(=O)(=O)Cc2ccc(Cl)c(Cl)c2)C[C@@H]1c1ncc[nH]1. The topological polar surface area (TPSA) is 69.3 Å². The van der Waals surface area contributed by atoms with E-state index in [-0.39, 0.29) is 11.8 Å². The number of nitrogens with one attached hydrogen (secondary N) is 1. The Morgan fingerprint density at radius 2 is 2.08 bits per heavy atom. The van der Waals surface area contributed by atoms with Crippen molar-refractivity contribution in [2.75, 3.05) is 26.7 Å². The summed E-state index contributed by atoms with van der Waals surface area (Å²) < 4.78 is 27.1. The van der Waals surface area contributed by atoms with Gasteiger partial charge in [-0.2, -0.15) is 4.31 Å². The highest BCUT2D eigenvalue weighted by Crippen LogP contribution is 2.27. The number of piperazine rings is 1. The van der Waals surface area contributed by atoms with Crippen LogP contribution in [0.1, 0.15) is 17.4 Å². The summed E-state index contributed by atoms with van der Waals surface area (Å²) in [6, 6.07) is 4.81. The summed E-state index contributed by atoms with van der Waals surface area (Å²) in [5, 5.41) is 0.770. The first kappa shape index (κ1) is 17.7. The van der Waals surface area contributed by atoms with Crippen LogP contribution in [0.3, 0.4) is 0 Å². The number of halogens is 2. The van der Waals surface area contributed by atoms with E-state index in [1.54, 1.807) is 30.6 Å². The highest BCUT2D eigenvalue weighted by molar-refractivity contribution is 7.88. The van der Waals surface area contributed by atoms with Crippen LogP contribution >= 0.6 is 23.2 Å². The van der Waals surface area contributed by atoms with Crippen LogP contribution in [-0.4, -0.2) is 54.3 Å². The van der Waals surface area contributed by atoms with Gasteiger partial charge in [0.25, 0.3) is 0 Å². The molecule has 2 heterocycles. The third-order valence-electron chi connectivity index (χ3n) is 4.17. The summed E-state index contributed by atoms with van der Waals surface area (Å²) in [4.78, 5) is 9.43. The van der Waals surface area contributed by atoms with Crippen molar-refractivity contribution in [2.24, 2.45) is 0 Å². The van der Waals surface area contributed by atoms with Crippen LogP contribution in [0.15, 0.2) is 30.6 Å². The zero-order valence-electron chi connectivity index (χ0n) is 13.1. The zero-order chi connectivity index (χ0) is 17.3. The molecule has 1 aromatic carbocycles. The Morgan fingerprint density at radius 1 is 1.29 bits per heavy atom. The molecule has 1 aliphatic heterocycles. The molecule has 1 atom stereocenters. The van der Waals surface area contributed by atoms with E-state index in [4.69, 9.17) is 23.2 Å². The number of aromatic nitrogens is 2. The number of aromatic amines is 1. The predicted molar refractivity (Wildman–Crippen MR) is 94.6 cm³/mol. The van der Waals surface area contributed by atoms with Gasteiger partial charge in [-0.3, -0.25) is 4.90 Å². The Kier molecular flexibility index (Phi) is 5.17. The Bertz CT molecular complexity index is 811. The maximum absolute atomic E-state index is 12.8. The van der Waals surface area contributed by atoms with Gasteiger partial charge >= 0.3 is 0 Å². The minimum atomic E-state index is -3.45. The maximum atomic E-state index is 12.8. The summed E-state index contributed by atoms with van der Waals surface area (Å²) in [5.41, 5.74) is 0.623. The van der Waals surface area contributed by atoms with E-state index in [0.29, 0.717) is 35.2 Å². The Labute approximate surface area is 151 Å². The molecule has 1 aromatic heterocycles. The van der Waals surface area contributed by atoms with Crippen molar-refractivity contribution in [3.63, 3.8) is 0 Å². The molecule has 0 spiro atoms. The normalized spacial score (nSPS) is 20.4. The van der Waals surface area contributed by atoms with E-state index in [2.05, 4.69) is 14.9 Å². The summed E-state index contributed by atoms with van der Waals surface area (Å²) >= 11 is 11.9. The minimum absolute atomic E-state index is 0.0858. The van der Waals surface area contributed by atoms with E-state index in [1.807, 2.05) is 7.05 Å². The molecule has 1 aliphatic rings. The van der Waals surface area contributed by atoms with Crippen LogP contribution < -0.4 is 0 Å². The summed E-state index contributed by atoms with van der Waals surface area (Å²) in [6.07, 6.45) is 3.42. The average molecular weight is 389 g/mol. The number of sulfonamides is 1. The van der Waals surface area contributed by atoms with Gasteiger partial charge < -0.3 is 4.98 Å². The van der Waals surface area contributed by atoms with Crippen molar-refractivity contribution in [1.29, 1.82) is 0 Å². The third-order valence-corrected chi connectivity index (χ3v) is 6.73. The molecule has 3 rings (SSSR count). The molecule has 24 heavy (non-hydrogen) atoms. The van der Waals surface area contributed by atoms with Gasteiger partial charge in [-0.05, 0) is 24.7 Å². The quantitative estimate of drug-likeness (QED) is 0.873. The predicted octanol–water partition coefficient (Wildman–Crippen LogP) is 2.54.